The molecule has 8 nitrogen and oxygen atoms in total. The molecule has 0 saturated carbocycles. The van der Waals surface area contributed by atoms with Gasteiger partial charge in [0.25, 0.3) is 0 Å². The summed E-state index contributed by atoms with van der Waals surface area (Å²) >= 11 is 0. The number of amides is 2. The molecule has 2 saturated heterocycles. The van der Waals surface area contributed by atoms with Gasteiger partial charge in [-0.2, -0.15) is 0 Å². The molecular formula is C23H24N4O4. The molecular weight excluding hydrogens is 396 g/mol. The number of fused-ring (bicyclic) bond motifs is 1. The highest BCUT2D eigenvalue weighted by atomic mass is 16.5. The molecule has 1 N–H and O–H groups in total. The van der Waals surface area contributed by atoms with Gasteiger partial charge in [-0.3, -0.25) is 19.6 Å². The predicted octanol–water partition coefficient (Wildman–Crippen LogP) is 0.956. The normalized spacial score (nSPS) is 28.3. The number of carbonyl (C=O) groups is 2. The van der Waals surface area contributed by atoms with E-state index in [1.165, 1.54) is 0 Å². The first-order chi connectivity index (χ1) is 15.0. The summed E-state index contributed by atoms with van der Waals surface area (Å²) in [6, 6.07) is 7.59. The maximum absolute atomic E-state index is 13.5. The SMILES string of the molecule is CN(Cc1cnccn1)C(=O)[C@@H]1[C@@H]2C=C[C@@]3(CN(c4ccc(CCO)cc4)C(=O)[C@@H]13)O2. The van der Waals surface area contributed by atoms with E-state index in [0.717, 1.165) is 11.3 Å². The first-order valence-corrected chi connectivity index (χ1v) is 10.4. The second kappa shape index (κ2) is 7.55. The first-order valence-electron chi connectivity index (χ1n) is 10.4. The number of aliphatic hydroxyl groups is 1. The molecule has 4 heterocycles. The van der Waals surface area contributed by atoms with Crippen molar-refractivity contribution in [1.29, 1.82) is 0 Å². The van der Waals surface area contributed by atoms with Crippen LogP contribution in [0.2, 0.25) is 0 Å². The standard InChI is InChI=1S/C23H24N4O4/c1-26(13-16-12-24-9-10-25-16)21(29)19-18-6-8-23(31-18)14-27(22(30)20(19)23)17-4-2-15(3-5-17)7-11-28/h2-6,8-10,12,18-20,28H,7,11,13-14H2,1H3/t18-,19+,20+,23-/m0/s1. The van der Waals surface area contributed by atoms with E-state index < -0.39 is 17.4 Å². The third kappa shape index (κ3) is 3.23. The lowest BCUT2D eigenvalue weighted by molar-refractivity contribution is -0.139. The number of nitrogens with zero attached hydrogens (tertiary/aromatic N) is 4. The summed E-state index contributed by atoms with van der Waals surface area (Å²) in [5.41, 5.74) is 1.70. The van der Waals surface area contributed by atoms with Gasteiger partial charge >= 0.3 is 0 Å². The number of anilines is 1. The Morgan fingerprint density at radius 1 is 1.32 bits per heavy atom. The molecule has 0 aliphatic carbocycles. The zero-order valence-electron chi connectivity index (χ0n) is 17.2. The van der Waals surface area contributed by atoms with Crippen LogP contribution in [0.3, 0.4) is 0 Å². The van der Waals surface area contributed by atoms with Crippen LogP contribution in [0, 0.1) is 11.8 Å². The Morgan fingerprint density at radius 2 is 2.13 bits per heavy atom. The van der Waals surface area contributed by atoms with Gasteiger partial charge in [-0.25, -0.2) is 0 Å². The molecule has 0 radical (unpaired) electrons. The van der Waals surface area contributed by atoms with Gasteiger partial charge in [-0.1, -0.05) is 24.3 Å². The Hall–Kier alpha value is -3.10. The lowest BCUT2D eigenvalue weighted by Crippen LogP contribution is -2.44. The van der Waals surface area contributed by atoms with Gasteiger partial charge in [0.15, 0.2) is 0 Å². The van der Waals surface area contributed by atoms with Gasteiger partial charge in [0.05, 0.1) is 42.9 Å². The zero-order valence-corrected chi connectivity index (χ0v) is 17.2. The van der Waals surface area contributed by atoms with Crippen molar-refractivity contribution in [1.82, 2.24) is 14.9 Å². The van der Waals surface area contributed by atoms with Gasteiger partial charge in [-0.05, 0) is 24.1 Å². The lowest BCUT2D eigenvalue weighted by atomic mass is 9.76. The number of hydrogen-bond donors (Lipinski definition) is 1. The molecule has 31 heavy (non-hydrogen) atoms. The summed E-state index contributed by atoms with van der Waals surface area (Å²) in [6.45, 7) is 0.795. The summed E-state index contributed by atoms with van der Waals surface area (Å²) in [4.78, 5) is 38.4. The summed E-state index contributed by atoms with van der Waals surface area (Å²) in [7, 11) is 1.72. The Balaban J connectivity index is 1.38. The number of aliphatic hydroxyl groups excluding tert-OH is 1. The Bertz CT molecular complexity index is 1030. The average molecular weight is 420 g/mol. The Morgan fingerprint density at radius 3 is 2.84 bits per heavy atom. The summed E-state index contributed by atoms with van der Waals surface area (Å²) in [5.74, 6) is -1.32. The van der Waals surface area contributed by atoms with E-state index in [-0.39, 0.29) is 24.5 Å². The molecule has 2 amide bonds. The van der Waals surface area contributed by atoms with Gasteiger partial charge < -0.3 is 19.6 Å². The maximum Gasteiger partial charge on any atom is 0.234 e. The molecule has 5 rings (SSSR count). The van der Waals surface area contributed by atoms with Crippen molar-refractivity contribution in [2.75, 3.05) is 25.1 Å². The highest BCUT2D eigenvalue weighted by molar-refractivity contribution is 6.03. The van der Waals surface area contributed by atoms with Gasteiger partial charge in [0.2, 0.25) is 11.8 Å². The minimum Gasteiger partial charge on any atom is -0.396 e. The number of ether oxygens (including phenoxy) is 1. The van der Waals surface area contributed by atoms with Crippen LogP contribution >= 0.6 is 0 Å². The van der Waals surface area contributed by atoms with Gasteiger partial charge in [0.1, 0.15) is 5.60 Å². The van der Waals surface area contributed by atoms with Crippen molar-refractivity contribution >= 4 is 17.5 Å². The smallest absolute Gasteiger partial charge is 0.234 e. The highest BCUT2D eigenvalue weighted by Crippen LogP contribution is 2.53. The third-order valence-corrected chi connectivity index (χ3v) is 6.43. The Labute approximate surface area is 180 Å². The van der Waals surface area contributed by atoms with Crippen LogP contribution in [-0.2, 0) is 27.3 Å². The Kier molecular flexibility index (Phi) is 4.83. The van der Waals surface area contributed by atoms with Gasteiger partial charge in [-0.15, -0.1) is 0 Å². The number of aromatic nitrogens is 2. The highest BCUT2D eigenvalue weighted by Gasteiger charge is 2.67. The van der Waals surface area contributed by atoms with E-state index in [2.05, 4.69) is 9.97 Å². The van der Waals surface area contributed by atoms with E-state index in [0.29, 0.717) is 25.2 Å². The van der Waals surface area contributed by atoms with Crippen LogP contribution in [0.1, 0.15) is 11.3 Å². The number of rotatable bonds is 6. The van der Waals surface area contributed by atoms with E-state index in [1.807, 2.05) is 36.4 Å². The minimum absolute atomic E-state index is 0.0824. The van der Waals surface area contributed by atoms with E-state index in [9.17, 15) is 9.59 Å². The first kappa shape index (κ1) is 19.8. The summed E-state index contributed by atoms with van der Waals surface area (Å²) in [5, 5.41) is 9.11. The quantitative estimate of drug-likeness (QED) is 0.700. The maximum atomic E-state index is 13.5. The number of hydrogen-bond acceptors (Lipinski definition) is 6. The number of carbonyl (C=O) groups excluding carboxylic acids is 2. The van der Waals surface area contributed by atoms with Crippen LogP contribution in [0.4, 0.5) is 5.69 Å². The predicted molar refractivity (Wildman–Crippen MR) is 112 cm³/mol. The average Bonchev–Trinajstić information content (AvgIpc) is 3.43. The molecule has 2 aromatic rings. The molecule has 1 aromatic heterocycles. The van der Waals surface area contributed by atoms with Crippen LogP contribution < -0.4 is 4.90 Å². The monoisotopic (exact) mass is 420 g/mol. The molecule has 8 heteroatoms. The molecule has 1 spiro atoms. The van der Waals surface area contributed by atoms with Crippen LogP contribution in [-0.4, -0.2) is 63.7 Å². The van der Waals surface area contributed by atoms with Crippen molar-refractivity contribution in [3.8, 4) is 0 Å². The second-order valence-corrected chi connectivity index (χ2v) is 8.36. The van der Waals surface area contributed by atoms with Crippen molar-refractivity contribution in [3.63, 3.8) is 0 Å². The summed E-state index contributed by atoms with van der Waals surface area (Å²) in [6.07, 6.45) is 8.86. The lowest BCUT2D eigenvalue weighted by Gasteiger charge is -2.27. The van der Waals surface area contributed by atoms with Crippen molar-refractivity contribution in [2.24, 2.45) is 11.8 Å². The molecule has 4 atom stereocenters. The molecule has 2 bridgehead atoms. The number of benzene rings is 1. The van der Waals surface area contributed by atoms with Gasteiger partial charge in [0, 0.05) is 31.7 Å². The molecule has 1 aromatic carbocycles. The fraction of sp³-hybridized carbons (Fsp3) is 0.391. The fourth-order valence-electron chi connectivity index (χ4n) is 4.96. The van der Waals surface area contributed by atoms with E-state index in [1.54, 1.807) is 35.4 Å². The molecule has 160 valence electrons. The topological polar surface area (TPSA) is 95.9 Å². The van der Waals surface area contributed by atoms with Crippen molar-refractivity contribution < 1.29 is 19.4 Å². The zero-order chi connectivity index (χ0) is 21.6. The molecule has 3 aliphatic rings. The third-order valence-electron chi connectivity index (χ3n) is 6.43. The van der Waals surface area contributed by atoms with Crippen LogP contribution in [0.5, 0.6) is 0 Å². The van der Waals surface area contributed by atoms with Crippen LogP contribution in [0.25, 0.3) is 0 Å². The minimum atomic E-state index is -0.765. The summed E-state index contributed by atoms with van der Waals surface area (Å²) < 4.78 is 6.22. The van der Waals surface area contributed by atoms with Crippen molar-refractivity contribution in [2.45, 2.75) is 24.7 Å². The largest absolute Gasteiger partial charge is 0.396 e. The molecule has 0 unspecified atom stereocenters. The van der Waals surface area contributed by atoms with Crippen molar-refractivity contribution in [3.05, 3.63) is 66.3 Å². The van der Waals surface area contributed by atoms with E-state index >= 15 is 0 Å². The fourth-order valence-corrected chi connectivity index (χ4v) is 4.96. The second-order valence-electron chi connectivity index (χ2n) is 8.36. The van der Waals surface area contributed by atoms with E-state index in [4.69, 9.17) is 9.84 Å². The molecule has 3 aliphatic heterocycles. The molecule has 2 fully saturated rings. The van der Waals surface area contributed by atoms with Crippen LogP contribution in [0.15, 0.2) is 55.0 Å².